The highest BCUT2D eigenvalue weighted by Crippen LogP contribution is 2.30. The van der Waals surface area contributed by atoms with E-state index >= 15 is 0 Å². The van der Waals surface area contributed by atoms with Gasteiger partial charge in [-0.15, -0.1) is 11.3 Å². The van der Waals surface area contributed by atoms with Crippen LogP contribution in [0.2, 0.25) is 0 Å². The molecule has 1 saturated heterocycles. The molecule has 0 saturated carbocycles. The lowest BCUT2D eigenvalue weighted by Gasteiger charge is -2.37. The van der Waals surface area contributed by atoms with Crippen LogP contribution in [0.15, 0.2) is 47.7 Å². The molecule has 4 heterocycles. The third-order valence-electron chi connectivity index (χ3n) is 6.64. The van der Waals surface area contributed by atoms with Gasteiger partial charge in [0.05, 0.1) is 0 Å². The maximum absolute atomic E-state index is 13.2. The lowest BCUT2D eigenvalue weighted by Crippen LogP contribution is -2.53. The van der Waals surface area contributed by atoms with Gasteiger partial charge in [-0.2, -0.15) is 0 Å². The zero-order valence-electron chi connectivity index (χ0n) is 21.9. The highest BCUT2D eigenvalue weighted by Gasteiger charge is 2.31. The first-order valence-electron chi connectivity index (χ1n) is 12.6. The number of carbonyl (C=O) groups excluding carboxylic acids is 2. The van der Waals surface area contributed by atoms with Crippen molar-refractivity contribution in [1.29, 1.82) is 0 Å². The molecule has 0 aliphatic carbocycles. The molecule has 12 heteroatoms. The van der Waals surface area contributed by atoms with Crippen LogP contribution in [0, 0.1) is 11.2 Å². The Kier molecular flexibility index (Phi) is 6.98. The summed E-state index contributed by atoms with van der Waals surface area (Å²) in [6, 6.07) is 6.16. The molecule has 204 valence electrons. The second-order valence-electron chi connectivity index (χ2n) is 10.6. The predicted octanol–water partition coefficient (Wildman–Crippen LogP) is 2.77. The van der Waals surface area contributed by atoms with Crippen LogP contribution < -0.4 is 5.56 Å². The Morgan fingerprint density at radius 2 is 1.72 bits per heavy atom. The fraction of sp³-hybridized carbons (Fsp3) is 0.370. The standard InChI is InChI=1S/C27H29FN6O4S/c1-27(2,3)25(38)32-10-8-31(9-11-32)20(35)16-33-12-13-34-24(37)22(36)21(30-26(33)34)23-29-15-19(39-23)14-17-4-6-18(28)7-5-17/h4-7,12-13,15,36H,8-11,14,16H2,1-3H3. The molecule has 10 nitrogen and oxygen atoms in total. The highest BCUT2D eigenvalue weighted by atomic mass is 32.1. The fourth-order valence-corrected chi connectivity index (χ4v) is 5.45. The zero-order valence-corrected chi connectivity index (χ0v) is 22.7. The van der Waals surface area contributed by atoms with Gasteiger partial charge < -0.3 is 19.5 Å². The number of piperazine rings is 1. The molecule has 1 aliphatic rings. The smallest absolute Gasteiger partial charge is 0.302 e. The van der Waals surface area contributed by atoms with Crippen molar-refractivity contribution in [2.45, 2.75) is 33.7 Å². The number of fused-ring (bicyclic) bond motifs is 1. The molecule has 1 aromatic carbocycles. The quantitative estimate of drug-likeness (QED) is 0.408. The number of hydrogen-bond acceptors (Lipinski definition) is 7. The summed E-state index contributed by atoms with van der Waals surface area (Å²) in [7, 11) is 0. The average Bonchev–Trinajstić information content (AvgIpc) is 3.53. The number of carbonyl (C=O) groups is 2. The van der Waals surface area contributed by atoms with Crippen molar-refractivity contribution in [2.24, 2.45) is 5.41 Å². The van der Waals surface area contributed by atoms with Gasteiger partial charge in [0.2, 0.25) is 23.3 Å². The minimum absolute atomic E-state index is 0.0389. The van der Waals surface area contributed by atoms with Gasteiger partial charge in [0, 0.05) is 61.5 Å². The van der Waals surface area contributed by atoms with Gasteiger partial charge in [0.1, 0.15) is 17.4 Å². The van der Waals surface area contributed by atoms with Crippen LogP contribution in [0.3, 0.4) is 0 Å². The van der Waals surface area contributed by atoms with Crippen molar-refractivity contribution in [3.63, 3.8) is 0 Å². The summed E-state index contributed by atoms with van der Waals surface area (Å²) >= 11 is 1.27. The summed E-state index contributed by atoms with van der Waals surface area (Å²) in [4.78, 5) is 51.7. The lowest BCUT2D eigenvalue weighted by atomic mass is 9.94. The van der Waals surface area contributed by atoms with Crippen LogP contribution in [0.5, 0.6) is 5.75 Å². The third-order valence-corrected chi connectivity index (χ3v) is 7.64. The van der Waals surface area contributed by atoms with Gasteiger partial charge in [-0.1, -0.05) is 32.9 Å². The number of aromatic hydroxyl groups is 1. The number of nitrogens with zero attached hydrogens (tertiary/aromatic N) is 6. The van der Waals surface area contributed by atoms with Gasteiger partial charge in [-0.25, -0.2) is 18.8 Å². The van der Waals surface area contributed by atoms with Crippen molar-refractivity contribution in [3.8, 4) is 16.5 Å². The molecular formula is C27H29FN6O4S. The molecule has 0 radical (unpaired) electrons. The summed E-state index contributed by atoms with van der Waals surface area (Å²) in [5.41, 5.74) is -0.199. The van der Waals surface area contributed by atoms with E-state index in [0.717, 1.165) is 10.4 Å². The van der Waals surface area contributed by atoms with E-state index in [9.17, 15) is 23.9 Å². The van der Waals surface area contributed by atoms with Crippen molar-refractivity contribution < 1.29 is 19.1 Å². The van der Waals surface area contributed by atoms with E-state index in [0.29, 0.717) is 37.6 Å². The van der Waals surface area contributed by atoms with E-state index in [1.807, 2.05) is 20.8 Å². The van der Waals surface area contributed by atoms with Crippen LogP contribution in [-0.2, 0) is 22.6 Å². The van der Waals surface area contributed by atoms with E-state index in [1.165, 1.54) is 34.1 Å². The molecule has 3 aromatic heterocycles. The van der Waals surface area contributed by atoms with Crippen LogP contribution in [0.25, 0.3) is 16.5 Å². The maximum atomic E-state index is 13.2. The van der Waals surface area contributed by atoms with Crippen LogP contribution in [0.4, 0.5) is 4.39 Å². The maximum Gasteiger partial charge on any atom is 0.302 e. The van der Waals surface area contributed by atoms with Gasteiger partial charge in [-0.3, -0.25) is 14.4 Å². The number of amides is 2. The first kappa shape index (κ1) is 26.5. The number of aromatic nitrogens is 4. The minimum Gasteiger partial charge on any atom is -0.501 e. The summed E-state index contributed by atoms with van der Waals surface area (Å²) in [6.07, 6.45) is 5.19. The summed E-state index contributed by atoms with van der Waals surface area (Å²) in [6.45, 7) is 7.37. The molecular weight excluding hydrogens is 523 g/mol. The Labute approximate surface area is 228 Å². The Morgan fingerprint density at radius 1 is 1.05 bits per heavy atom. The molecule has 0 unspecified atom stereocenters. The summed E-state index contributed by atoms with van der Waals surface area (Å²) in [5.74, 6) is -0.733. The molecule has 0 bridgehead atoms. The van der Waals surface area contributed by atoms with Crippen molar-refractivity contribution in [3.05, 3.63) is 69.5 Å². The van der Waals surface area contributed by atoms with Gasteiger partial charge in [0.25, 0.3) is 0 Å². The lowest BCUT2D eigenvalue weighted by molar-refractivity contribution is -0.145. The Balaban J connectivity index is 1.34. The van der Waals surface area contributed by atoms with Crippen LogP contribution in [0.1, 0.15) is 31.2 Å². The number of halogens is 1. The van der Waals surface area contributed by atoms with Gasteiger partial charge >= 0.3 is 5.56 Å². The SMILES string of the molecule is CC(C)(C)C(=O)N1CCN(C(=O)Cn2ccn3c(=O)c(O)c(-c4ncc(Cc5ccc(F)cc5)s4)nc23)CC1. The molecule has 1 N–H and O–H groups in total. The first-order valence-corrected chi connectivity index (χ1v) is 13.4. The van der Waals surface area contributed by atoms with E-state index in [1.54, 1.807) is 38.9 Å². The number of thiazole rings is 1. The zero-order chi connectivity index (χ0) is 27.9. The van der Waals surface area contributed by atoms with E-state index in [4.69, 9.17) is 0 Å². The monoisotopic (exact) mass is 552 g/mol. The van der Waals surface area contributed by atoms with E-state index in [-0.39, 0.29) is 35.6 Å². The topological polar surface area (TPSA) is 113 Å². The molecule has 0 spiro atoms. The second kappa shape index (κ2) is 10.3. The summed E-state index contributed by atoms with van der Waals surface area (Å²) < 4.78 is 16.0. The largest absolute Gasteiger partial charge is 0.501 e. The highest BCUT2D eigenvalue weighted by molar-refractivity contribution is 7.15. The predicted molar refractivity (Wildman–Crippen MR) is 144 cm³/mol. The molecule has 4 aromatic rings. The minimum atomic E-state index is -0.661. The van der Waals surface area contributed by atoms with Gasteiger partial charge in [0.15, 0.2) is 5.69 Å². The Hall–Kier alpha value is -4.06. The second-order valence-corrected chi connectivity index (χ2v) is 11.7. The number of hydrogen-bond donors (Lipinski definition) is 1. The molecule has 39 heavy (non-hydrogen) atoms. The Morgan fingerprint density at radius 3 is 2.38 bits per heavy atom. The number of imidazole rings is 1. The summed E-state index contributed by atoms with van der Waals surface area (Å²) in [5, 5.41) is 11.0. The van der Waals surface area contributed by atoms with Crippen molar-refractivity contribution >= 4 is 28.9 Å². The molecule has 5 rings (SSSR count). The van der Waals surface area contributed by atoms with Gasteiger partial charge in [-0.05, 0) is 17.7 Å². The molecule has 1 aliphatic heterocycles. The average molecular weight is 553 g/mol. The van der Waals surface area contributed by atoms with Crippen molar-refractivity contribution in [1.82, 2.24) is 28.7 Å². The Bertz CT molecular complexity index is 1590. The number of benzene rings is 1. The molecule has 2 amide bonds. The molecule has 0 atom stereocenters. The third kappa shape index (κ3) is 5.42. The normalized spacial score (nSPS) is 14.3. The fourth-order valence-electron chi connectivity index (χ4n) is 4.52. The number of rotatable bonds is 5. The first-order chi connectivity index (χ1) is 18.5. The van der Waals surface area contributed by atoms with E-state index < -0.39 is 16.7 Å². The van der Waals surface area contributed by atoms with Crippen molar-refractivity contribution in [2.75, 3.05) is 26.2 Å². The van der Waals surface area contributed by atoms with E-state index in [2.05, 4.69) is 9.97 Å². The molecule has 1 fully saturated rings. The van der Waals surface area contributed by atoms with Crippen LogP contribution >= 0.6 is 11.3 Å². The van der Waals surface area contributed by atoms with Crippen LogP contribution in [-0.4, -0.2) is 71.8 Å².